The second-order valence-electron chi connectivity index (χ2n) is 7.20. The van der Waals surface area contributed by atoms with Gasteiger partial charge in [-0.1, -0.05) is 13.8 Å². The van der Waals surface area contributed by atoms with Gasteiger partial charge in [-0.3, -0.25) is 4.79 Å². The molecule has 1 aromatic carbocycles. The van der Waals surface area contributed by atoms with Gasteiger partial charge in [0, 0.05) is 25.2 Å². The minimum absolute atomic E-state index is 0.0187. The number of hydrogen-bond donors (Lipinski definition) is 2. The average Bonchev–Trinajstić information content (AvgIpc) is 3.05. The van der Waals surface area contributed by atoms with Crippen molar-refractivity contribution >= 4 is 17.6 Å². The summed E-state index contributed by atoms with van der Waals surface area (Å²) < 4.78 is 5.15. The van der Waals surface area contributed by atoms with Crippen LogP contribution in [0.3, 0.4) is 0 Å². The summed E-state index contributed by atoms with van der Waals surface area (Å²) in [5.74, 6) is 0.770. The molecular formula is C21H34N4O3. The van der Waals surface area contributed by atoms with Gasteiger partial charge in [0.05, 0.1) is 13.2 Å². The molecule has 0 unspecified atom stereocenters. The first kappa shape index (κ1) is 22.0. The quantitative estimate of drug-likeness (QED) is 0.570. The van der Waals surface area contributed by atoms with Crippen LogP contribution < -0.4 is 20.3 Å². The highest BCUT2D eigenvalue weighted by molar-refractivity contribution is 5.96. The normalized spacial score (nSPS) is 16.5. The van der Waals surface area contributed by atoms with E-state index >= 15 is 0 Å². The summed E-state index contributed by atoms with van der Waals surface area (Å²) in [6.07, 6.45) is 3.54. The summed E-state index contributed by atoms with van der Waals surface area (Å²) in [5, 5.41) is 5.83. The lowest BCUT2D eigenvalue weighted by atomic mass is 10.2. The molecule has 1 fully saturated rings. The maximum absolute atomic E-state index is 12.3. The Bertz CT molecular complexity index is 615. The summed E-state index contributed by atoms with van der Waals surface area (Å²) in [4.78, 5) is 28.6. The lowest BCUT2D eigenvalue weighted by Crippen LogP contribution is -2.44. The number of carbonyl (C=O) groups is 2. The largest absolute Gasteiger partial charge is 0.497 e. The van der Waals surface area contributed by atoms with Gasteiger partial charge in [0.2, 0.25) is 5.91 Å². The van der Waals surface area contributed by atoms with Gasteiger partial charge in [-0.2, -0.15) is 0 Å². The zero-order chi connectivity index (χ0) is 20.4. The van der Waals surface area contributed by atoms with Crippen LogP contribution >= 0.6 is 0 Å². The minimum atomic E-state index is -0.202. The lowest BCUT2D eigenvalue weighted by molar-refractivity contribution is -0.117. The topological polar surface area (TPSA) is 73.9 Å². The standard InChI is InChI=1S/C21H34N4O3/c1-4-12-24(13-5-2)14-6-11-22-21(27)23-17-15-20(26)25(16-17)18-7-9-19(28-3)10-8-18/h7-10,17H,4-6,11-16H2,1-3H3,(H2,22,23,27)/t17-/m1/s1. The molecule has 1 heterocycles. The highest BCUT2D eigenvalue weighted by atomic mass is 16.5. The highest BCUT2D eigenvalue weighted by Gasteiger charge is 2.31. The number of nitrogens with one attached hydrogen (secondary N) is 2. The minimum Gasteiger partial charge on any atom is -0.497 e. The number of rotatable bonds is 11. The Kier molecular flexibility index (Phi) is 9.07. The molecule has 156 valence electrons. The zero-order valence-corrected chi connectivity index (χ0v) is 17.4. The second-order valence-corrected chi connectivity index (χ2v) is 7.20. The number of carbonyl (C=O) groups excluding carboxylic acids is 2. The Balaban J connectivity index is 1.71. The van der Waals surface area contributed by atoms with E-state index in [-0.39, 0.29) is 18.0 Å². The lowest BCUT2D eigenvalue weighted by Gasteiger charge is -2.21. The molecule has 0 spiro atoms. The number of benzene rings is 1. The number of amides is 3. The van der Waals surface area contributed by atoms with Crippen molar-refractivity contribution in [3.05, 3.63) is 24.3 Å². The fourth-order valence-electron chi connectivity index (χ4n) is 3.52. The molecule has 0 radical (unpaired) electrons. The van der Waals surface area contributed by atoms with Crippen molar-refractivity contribution in [1.29, 1.82) is 0 Å². The summed E-state index contributed by atoms with van der Waals surface area (Å²) >= 11 is 0. The predicted octanol–water partition coefficient (Wildman–Crippen LogP) is 2.61. The SMILES string of the molecule is CCCN(CCC)CCCNC(=O)N[C@@H]1CC(=O)N(c2ccc(OC)cc2)C1. The van der Waals surface area contributed by atoms with Crippen LogP contribution in [0.15, 0.2) is 24.3 Å². The van der Waals surface area contributed by atoms with Crippen molar-refractivity contribution in [3.63, 3.8) is 0 Å². The number of hydrogen-bond acceptors (Lipinski definition) is 4. The van der Waals surface area contributed by atoms with Gasteiger partial charge in [-0.25, -0.2) is 4.79 Å². The molecule has 1 atom stereocenters. The van der Waals surface area contributed by atoms with E-state index in [4.69, 9.17) is 4.74 Å². The van der Waals surface area contributed by atoms with Gasteiger partial charge in [0.25, 0.3) is 0 Å². The molecule has 1 aliphatic rings. The smallest absolute Gasteiger partial charge is 0.315 e. The van der Waals surface area contributed by atoms with Crippen LogP contribution in [0.5, 0.6) is 5.75 Å². The van der Waals surface area contributed by atoms with Crippen molar-refractivity contribution < 1.29 is 14.3 Å². The summed E-state index contributed by atoms with van der Waals surface area (Å²) in [5.41, 5.74) is 0.822. The molecule has 0 saturated carbocycles. The van der Waals surface area contributed by atoms with Gasteiger partial charge in [0.1, 0.15) is 5.75 Å². The zero-order valence-electron chi connectivity index (χ0n) is 17.4. The van der Waals surface area contributed by atoms with E-state index in [1.165, 1.54) is 0 Å². The molecule has 2 N–H and O–H groups in total. The monoisotopic (exact) mass is 390 g/mol. The Labute approximate surface area is 168 Å². The Morgan fingerprint density at radius 1 is 1.18 bits per heavy atom. The molecule has 2 rings (SSSR count). The summed E-state index contributed by atoms with van der Waals surface area (Å²) in [6.45, 7) is 8.70. The van der Waals surface area contributed by atoms with Gasteiger partial charge < -0.3 is 25.2 Å². The molecule has 1 aromatic rings. The van der Waals surface area contributed by atoms with E-state index < -0.39 is 0 Å². The summed E-state index contributed by atoms with van der Waals surface area (Å²) in [7, 11) is 1.61. The van der Waals surface area contributed by atoms with Crippen LogP contribution in [0.25, 0.3) is 0 Å². The average molecular weight is 391 g/mol. The summed E-state index contributed by atoms with van der Waals surface area (Å²) in [6, 6.07) is 7.00. The number of anilines is 1. The van der Waals surface area contributed by atoms with Crippen LogP contribution in [0.1, 0.15) is 39.5 Å². The third-order valence-electron chi connectivity index (χ3n) is 4.86. The third kappa shape index (κ3) is 6.71. The van der Waals surface area contributed by atoms with Crippen LogP contribution in [0, 0.1) is 0 Å². The van der Waals surface area contributed by atoms with Crippen LogP contribution in [0.2, 0.25) is 0 Å². The number of methoxy groups -OCH3 is 1. The van der Waals surface area contributed by atoms with E-state index in [0.717, 1.165) is 50.3 Å². The molecule has 7 nitrogen and oxygen atoms in total. The van der Waals surface area contributed by atoms with E-state index in [1.54, 1.807) is 12.0 Å². The van der Waals surface area contributed by atoms with Crippen molar-refractivity contribution in [2.75, 3.05) is 44.7 Å². The molecule has 3 amide bonds. The van der Waals surface area contributed by atoms with Gasteiger partial charge in [-0.15, -0.1) is 0 Å². The first-order valence-electron chi connectivity index (χ1n) is 10.3. The fourth-order valence-corrected chi connectivity index (χ4v) is 3.52. The maximum Gasteiger partial charge on any atom is 0.315 e. The molecular weight excluding hydrogens is 356 g/mol. The van der Waals surface area contributed by atoms with Crippen molar-refractivity contribution in [1.82, 2.24) is 15.5 Å². The number of ether oxygens (including phenoxy) is 1. The van der Waals surface area contributed by atoms with Crippen LogP contribution in [0.4, 0.5) is 10.5 Å². The van der Waals surface area contributed by atoms with Crippen LogP contribution in [-0.2, 0) is 4.79 Å². The molecule has 1 aliphatic heterocycles. The molecule has 0 bridgehead atoms. The first-order valence-corrected chi connectivity index (χ1v) is 10.3. The maximum atomic E-state index is 12.3. The Morgan fingerprint density at radius 2 is 1.86 bits per heavy atom. The van der Waals surface area contributed by atoms with E-state index in [9.17, 15) is 9.59 Å². The van der Waals surface area contributed by atoms with Crippen molar-refractivity contribution in [2.24, 2.45) is 0 Å². The van der Waals surface area contributed by atoms with Crippen molar-refractivity contribution in [2.45, 2.75) is 45.6 Å². The van der Waals surface area contributed by atoms with E-state index in [1.807, 2.05) is 24.3 Å². The second kappa shape index (κ2) is 11.5. The van der Waals surface area contributed by atoms with Crippen molar-refractivity contribution in [3.8, 4) is 5.75 Å². The molecule has 1 saturated heterocycles. The van der Waals surface area contributed by atoms with E-state index in [2.05, 4.69) is 29.4 Å². The first-order chi connectivity index (χ1) is 13.6. The molecule has 0 aliphatic carbocycles. The number of nitrogens with zero attached hydrogens (tertiary/aromatic N) is 2. The molecule has 0 aromatic heterocycles. The third-order valence-corrected chi connectivity index (χ3v) is 4.86. The Hall–Kier alpha value is -2.28. The molecule has 7 heteroatoms. The molecule has 28 heavy (non-hydrogen) atoms. The predicted molar refractivity (Wildman–Crippen MR) is 112 cm³/mol. The highest BCUT2D eigenvalue weighted by Crippen LogP contribution is 2.24. The van der Waals surface area contributed by atoms with Crippen LogP contribution in [-0.4, -0.2) is 62.7 Å². The van der Waals surface area contributed by atoms with Gasteiger partial charge in [-0.05, 0) is 63.2 Å². The fraction of sp³-hybridized carbons (Fsp3) is 0.619. The van der Waals surface area contributed by atoms with E-state index in [0.29, 0.717) is 19.5 Å². The Morgan fingerprint density at radius 3 is 2.46 bits per heavy atom. The van der Waals surface area contributed by atoms with Gasteiger partial charge in [0.15, 0.2) is 0 Å². The number of urea groups is 1. The van der Waals surface area contributed by atoms with Gasteiger partial charge >= 0.3 is 6.03 Å².